The molecule has 0 unspecified atom stereocenters. The lowest BCUT2D eigenvalue weighted by atomic mass is 10.0. The summed E-state index contributed by atoms with van der Waals surface area (Å²) >= 11 is 6.23. The van der Waals surface area contributed by atoms with Crippen LogP contribution in [0.4, 0.5) is 5.69 Å². The first-order valence-electron chi connectivity index (χ1n) is 6.47. The molecular formula is C13H18ClN5. The van der Waals surface area contributed by atoms with Gasteiger partial charge in [-0.05, 0) is 28.5 Å². The molecule has 0 aliphatic heterocycles. The molecule has 0 radical (unpaired) electrons. The first-order valence-corrected chi connectivity index (χ1v) is 6.85. The molecule has 1 aromatic carbocycles. The molecule has 2 rings (SSSR count). The zero-order valence-corrected chi connectivity index (χ0v) is 11.9. The quantitative estimate of drug-likeness (QED) is 0.854. The number of tetrazole rings is 1. The van der Waals surface area contributed by atoms with Gasteiger partial charge in [0.15, 0.2) is 5.82 Å². The number of rotatable bonds is 5. The summed E-state index contributed by atoms with van der Waals surface area (Å²) in [6.45, 7) is 5.14. The van der Waals surface area contributed by atoms with E-state index < -0.39 is 0 Å². The summed E-state index contributed by atoms with van der Waals surface area (Å²) in [6.07, 6.45) is 2.20. The summed E-state index contributed by atoms with van der Waals surface area (Å²) in [5, 5.41) is 12.4. The molecule has 5 nitrogen and oxygen atoms in total. The minimum absolute atomic E-state index is 0.503. The third-order valence-electron chi connectivity index (χ3n) is 3.39. The molecule has 1 aromatic heterocycles. The monoisotopic (exact) mass is 279 g/mol. The normalized spacial score (nSPS) is 11.2. The van der Waals surface area contributed by atoms with Crippen molar-refractivity contribution in [2.75, 3.05) is 5.73 Å². The van der Waals surface area contributed by atoms with Crippen molar-refractivity contribution in [1.29, 1.82) is 0 Å². The van der Waals surface area contributed by atoms with Gasteiger partial charge in [0.25, 0.3) is 0 Å². The third kappa shape index (κ3) is 2.87. The molecule has 0 saturated carbocycles. The molecule has 2 aromatic rings. The second-order valence-corrected chi connectivity index (χ2v) is 4.95. The molecular weight excluding hydrogens is 262 g/mol. The van der Waals surface area contributed by atoms with E-state index >= 15 is 0 Å². The second kappa shape index (κ2) is 6.02. The molecule has 0 aliphatic rings. The number of hydrogen-bond donors (Lipinski definition) is 1. The summed E-state index contributed by atoms with van der Waals surface area (Å²) in [6, 6.07) is 5.50. The smallest absolute Gasteiger partial charge is 0.183 e. The summed E-state index contributed by atoms with van der Waals surface area (Å²) in [7, 11) is 0. The highest BCUT2D eigenvalue weighted by Gasteiger charge is 2.16. The van der Waals surface area contributed by atoms with Crippen LogP contribution in [-0.4, -0.2) is 20.2 Å². The van der Waals surface area contributed by atoms with Crippen molar-refractivity contribution in [2.24, 2.45) is 5.92 Å². The van der Waals surface area contributed by atoms with Crippen LogP contribution >= 0.6 is 11.6 Å². The zero-order valence-electron chi connectivity index (χ0n) is 11.2. The van der Waals surface area contributed by atoms with Crippen LogP contribution in [0, 0.1) is 5.92 Å². The zero-order chi connectivity index (χ0) is 13.8. The highest BCUT2D eigenvalue weighted by Crippen LogP contribution is 2.30. The number of halogens is 1. The van der Waals surface area contributed by atoms with E-state index in [2.05, 4.69) is 29.4 Å². The lowest BCUT2D eigenvalue weighted by molar-refractivity contribution is 0.392. The standard InChI is InChI=1S/C13H18ClN5/c1-3-9(4-2)8-19-13(16-17-18-19)10-6-5-7-11(15)12(10)14/h5-7,9H,3-4,8,15H2,1-2H3. The van der Waals surface area contributed by atoms with E-state index in [-0.39, 0.29) is 0 Å². The molecule has 0 amide bonds. The van der Waals surface area contributed by atoms with E-state index in [0.717, 1.165) is 24.9 Å². The number of anilines is 1. The van der Waals surface area contributed by atoms with Gasteiger partial charge in [-0.2, -0.15) is 0 Å². The van der Waals surface area contributed by atoms with Crippen LogP contribution in [0.5, 0.6) is 0 Å². The van der Waals surface area contributed by atoms with Crippen molar-refractivity contribution in [3.8, 4) is 11.4 Å². The van der Waals surface area contributed by atoms with Crippen molar-refractivity contribution < 1.29 is 0 Å². The van der Waals surface area contributed by atoms with Crippen LogP contribution in [0.3, 0.4) is 0 Å². The Bertz CT molecular complexity index is 548. The summed E-state index contributed by atoms with van der Waals surface area (Å²) in [4.78, 5) is 0. The van der Waals surface area contributed by atoms with Crippen molar-refractivity contribution in [1.82, 2.24) is 20.2 Å². The predicted molar refractivity (Wildman–Crippen MR) is 76.7 cm³/mol. The van der Waals surface area contributed by atoms with Crippen molar-refractivity contribution in [3.63, 3.8) is 0 Å². The second-order valence-electron chi connectivity index (χ2n) is 4.58. The van der Waals surface area contributed by atoms with Gasteiger partial charge in [0.2, 0.25) is 0 Å². The average Bonchev–Trinajstić information content (AvgIpc) is 2.87. The average molecular weight is 280 g/mol. The summed E-state index contributed by atoms with van der Waals surface area (Å²) in [5.41, 5.74) is 7.13. The van der Waals surface area contributed by atoms with Crippen LogP contribution < -0.4 is 5.73 Å². The maximum atomic E-state index is 6.23. The predicted octanol–water partition coefficient (Wildman–Crippen LogP) is 3.01. The first-order chi connectivity index (χ1) is 9.17. The van der Waals surface area contributed by atoms with E-state index in [4.69, 9.17) is 17.3 Å². The summed E-state index contributed by atoms with van der Waals surface area (Å²) in [5.74, 6) is 1.23. The molecule has 6 heteroatoms. The Morgan fingerprint density at radius 3 is 2.74 bits per heavy atom. The molecule has 102 valence electrons. The number of hydrogen-bond acceptors (Lipinski definition) is 4. The topological polar surface area (TPSA) is 69.6 Å². The fourth-order valence-electron chi connectivity index (χ4n) is 2.03. The molecule has 0 aliphatic carbocycles. The van der Waals surface area contributed by atoms with Gasteiger partial charge in [0.05, 0.1) is 10.7 Å². The Hall–Kier alpha value is -1.62. The van der Waals surface area contributed by atoms with Crippen molar-refractivity contribution >= 4 is 17.3 Å². The molecule has 2 N–H and O–H groups in total. The van der Waals surface area contributed by atoms with Crippen molar-refractivity contribution in [3.05, 3.63) is 23.2 Å². The maximum absolute atomic E-state index is 6.23. The molecule has 0 spiro atoms. The van der Waals surface area contributed by atoms with Gasteiger partial charge in [-0.1, -0.05) is 44.4 Å². The van der Waals surface area contributed by atoms with E-state index in [1.165, 1.54) is 0 Å². The first kappa shape index (κ1) is 13.8. The fourth-order valence-corrected chi connectivity index (χ4v) is 2.24. The van der Waals surface area contributed by atoms with Crippen LogP contribution in [0.25, 0.3) is 11.4 Å². The largest absolute Gasteiger partial charge is 0.398 e. The van der Waals surface area contributed by atoms with Crippen LogP contribution in [0.2, 0.25) is 5.02 Å². The molecule has 19 heavy (non-hydrogen) atoms. The highest BCUT2D eigenvalue weighted by atomic mass is 35.5. The van der Waals surface area contributed by atoms with E-state index in [1.54, 1.807) is 10.7 Å². The minimum Gasteiger partial charge on any atom is -0.398 e. The highest BCUT2D eigenvalue weighted by molar-refractivity contribution is 6.35. The molecule has 0 fully saturated rings. The van der Waals surface area contributed by atoms with Crippen LogP contribution in [0.15, 0.2) is 18.2 Å². The van der Waals surface area contributed by atoms with Crippen LogP contribution in [0.1, 0.15) is 26.7 Å². The van der Waals surface area contributed by atoms with Crippen molar-refractivity contribution in [2.45, 2.75) is 33.2 Å². The van der Waals surface area contributed by atoms with E-state index in [0.29, 0.717) is 22.5 Å². The molecule has 0 bridgehead atoms. The molecule has 1 heterocycles. The SMILES string of the molecule is CCC(CC)Cn1nnnc1-c1cccc(N)c1Cl. The van der Waals surface area contributed by atoms with Gasteiger partial charge in [-0.3, -0.25) is 0 Å². The van der Waals surface area contributed by atoms with Crippen LogP contribution in [-0.2, 0) is 6.54 Å². The number of nitrogens with two attached hydrogens (primary N) is 1. The van der Waals surface area contributed by atoms with Gasteiger partial charge >= 0.3 is 0 Å². The minimum atomic E-state index is 0.503. The number of benzene rings is 1. The summed E-state index contributed by atoms with van der Waals surface area (Å²) < 4.78 is 1.80. The van der Waals surface area contributed by atoms with Gasteiger partial charge in [-0.25, -0.2) is 4.68 Å². The van der Waals surface area contributed by atoms with Gasteiger partial charge < -0.3 is 5.73 Å². The lowest BCUT2D eigenvalue weighted by Gasteiger charge is -2.13. The lowest BCUT2D eigenvalue weighted by Crippen LogP contribution is -2.12. The Morgan fingerprint density at radius 1 is 1.32 bits per heavy atom. The van der Waals surface area contributed by atoms with E-state index in [1.807, 2.05) is 12.1 Å². The number of aromatic nitrogens is 4. The molecule has 0 saturated heterocycles. The molecule has 0 atom stereocenters. The Balaban J connectivity index is 2.36. The Kier molecular flexibility index (Phi) is 4.37. The Labute approximate surface area is 117 Å². The maximum Gasteiger partial charge on any atom is 0.183 e. The Morgan fingerprint density at radius 2 is 2.05 bits per heavy atom. The van der Waals surface area contributed by atoms with Gasteiger partial charge in [0.1, 0.15) is 0 Å². The van der Waals surface area contributed by atoms with Gasteiger partial charge in [0, 0.05) is 12.1 Å². The van der Waals surface area contributed by atoms with Gasteiger partial charge in [-0.15, -0.1) is 5.10 Å². The van der Waals surface area contributed by atoms with E-state index in [9.17, 15) is 0 Å². The third-order valence-corrected chi connectivity index (χ3v) is 3.81. The number of nitrogens with zero attached hydrogens (tertiary/aromatic N) is 4. The number of nitrogen functional groups attached to an aromatic ring is 1. The fraction of sp³-hybridized carbons (Fsp3) is 0.462.